The number of benzene rings is 1. The molecule has 0 spiro atoms. The zero-order valence-corrected chi connectivity index (χ0v) is 10.9. The summed E-state index contributed by atoms with van der Waals surface area (Å²) in [6.07, 6.45) is 3.34. The van der Waals surface area contributed by atoms with Crippen LogP contribution in [0.1, 0.15) is 15.9 Å². The van der Waals surface area contributed by atoms with E-state index < -0.39 is 0 Å². The first kappa shape index (κ1) is 12.9. The maximum Gasteiger partial charge on any atom is 0.167 e. The van der Waals surface area contributed by atoms with Crippen molar-refractivity contribution in [2.45, 2.75) is 6.42 Å². The maximum absolute atomic E-state index is 12.1. The summed E-state index contributed by atoms with van der Waals surface area (Å²) in [6.45, 7) is 0. The van der Waals surface area contributed by atoms with Gasteiger partial charge in [-0.2, -0.15) is 0 Å². The molecule has 0 amide bonds. The minimum atomic E-state index is -0.0981. The van der Waals surface area contributed by atoms with E-state index in [0.29, 0.717) is 26.9 Å². The Bertz CT molecular complexity index is 579. The molecule has 0 aliphatic rings. The van der Waals surface area contributed by atoms with Crippen molar-refractivity contribution in [1.29, 1.82) is 0 Å². The molecule has 92 valence electrons. The zero-order chi connectivity index (χ0) is 13.1. The average molecular weight is 281 g/mol. The Kier molecular flexibility index (Phi) is 3.84. The summed E-state index contributed by atoms with van der Waals surface area (Å²) in [7, 11) is 0. The van der Waals surface area contributed by atoms with E-state index in [1.165, 1.54) is 0 Å². The summed E-state index contributed by atoms with van der Waals surface area (Å²) in [5.74, 6) is -0.0981. The van der Waals surface area contributed by atoms with Crippen molar-refractivity contribution < 1.29 is 4.79 Å². The van der Waals surface area contributed by atoms with Crippen LogP contribution >= 0.6 is 23.2 Å². The number of aromatic nitrogens is 1. The van der Waals surface area contributed by atoms with E-state index in [-0.39, 0.29) is 12.2 Å². The lowest BCUT2D eigenvalue weighted by molar-refractivity contribution is 0.0993. The minimum absolute atomic E-state index is 0.0981. The summed E-state index contributed by atoms with van der Waals surface area (Å²) in [6, 6.07) is 6.41. The monoisotopic (exact) mass is 280 g/mol. The van der Waals surface area contributed by atoms with E-state index in [0.717, 1.165) is 0 Å². The van der Waals surface area contributed by atoms with Crippen molar-refractivity contribution in [3.8, 4) is 0 Å². The molecule has 5 heteroatoms. The van der Waals surface area contributed by atoms with Crippen LogP contribution in [-0.2, 0) is 6.42 Å². The molecule has 1 aromatic carbocycles. The summed E-state index contributed by atoms with van der Waals surface area (Å²) in [5, 5.41) is 0.870. The Morgan fingerprint density at radius 1 is 1.22 bits per heavy atom. The maximum atomic E-state index is 12.1. The van der Waals surface area contributed by atoms with Crippen molar-refractivity contribution in [2.24, 2.45) is 0 Å². The lowest BCUT2D eigenvalue weighted by Crippen LogP contribution is -2.06. The van der Waals surface area contributed by atoms with E-state index in [1.807, 2.05) is 0 Å². The topological polar surface area (TPSA) is 56.0 Å². The number of carbonyl (C=O) groups excluding carboxylic acids is 1. The molecule has 0 unspecified atom stereocenters. The second-order valence-corrected chi connectivity index (χ2v) is 4.71. The lowest BCUT2D eigenvalue weighted by atomic mass is 10.0. The molecule has 0 radical (unpaired) electrons. The SMILES string of the molecule is Nc1ccncc1CC(=O)c1cc(Cl)cc(Cl)c1. The quantitative estimate of drug-likeness (QED) is 0.877. The predicted octanol–water partition coefficient (Wildman–Crippen LogP) is 3.40. The number of nitrogens with zero attached hydrogens (tertiary/aromatic N) is 1. The highest BCUT2D eigenvalue weighted by Gasteiger charge is 2.11. The van der Waals surface area contributed by atoms with Gasteiger partial charge in [-0.3, -0.25) is 9.78 Å². The van der Waals surface area contributed by atoms with E-state index in [9.17, 15) is 4.79 Å². The Morgan fingerprint density at radius 3 is 2.50 bits per heavy atom. The smallest absolute Gasteiger partial charge is 0.167 e. The second-order valence-electron chi connectivity index (χ2n) is 3.83. The van der Waals surface area contributed by atoms with Crippen LogP contribution in [0.25, 0.3) is 0 Å². The van der Waals surface area contributed by atoms with Gasteiger partial charge >= 0.3 is 0 Å². The van der Waals surface area contributed by atoms with Crippen LogP contribution in [0.2, 0.25) is 10.0 Å². The standard InChI is InChI=1S/C13H10Cl2N2O/c14-10-3-8(4-11(15)6-10)13(18)5-9-7-17-2-1-12(9)16/h1-4,6-7H,5H2,(H2,16,17). The summed E-state index contributed by atoms with van der Waals surface area (Å²) >= 11 is 11.7. The van der Waals surface area contributed by atoms with E-state index in [1.54, 1.807) is 36.7 Å². The van der Waals surface area contributed by atoms with Gasteiger partial charge in [0, 0.05) is 45.7 Å². The van der Waals surface area contributed by atoms with E-state index >= 15 is 0 Å². The largest absolute Gasteiger partial charge is 0.398 e. The molecule has 1 aromatic heterocycles. The number of hydrogen-bond donors (Lipinski definition) is 1. The number of anilines is 1. The molecule has 0 aliphatic carbocycles. The van der Waals surface area contributed by atoms with Crippen LogP contribution in [0.4, 0.5) is 5.69 Å². The first-order valence-corrected chi connectivity index (χ1v) is 5.99. The summed E-state index contributed by atoms with van der Waals surface area (Å²) < 4.78 is 0. The van der Waals surface area contributed by atoms with Gasteiger partial charge in [-0.25, -0.2) is 0 Å². The number of nitrogen functional groups attached to an aromatic ring is 1. The molecule has 2 rings (SSSR count). The fraction of sp³-hybridized carbons (Fsp3) is 0.0769. The van der Waals surface area contributed by atoms with E-state index in [2.05, 4.69) is 4.98 Å². The Hall–Kier alpha value is -1.58. The van der Waals surface area contributed by atoms with Crippen molar-refractivity contribution in [2.75, 3.05) is 5.73 Å². The Balaban J connectivity index is 2.25. The van der Waals surface area contributed by atoms with Gasteiger partial charge < -0.3 is 5.73 Å². The molecule has 0 atom stereocenters. The van der Waals surface area contributed by atoms with Gasteiger partial charge in [0.2, 0.25) is 0 Å². The van der Waals surface area contributed by atoms with Crippen molar-refractivity contribution in [3.05, 3.63) is 57.8 Å². The number of hydrogen-bond acceptors (Lipinski definition) is 3. The second kappa shape index (κ2) is 5.38. The molecule has 2 N–H and O–H groups in total. The van der Waals surface area contributed by atoms with Crippen molar-refractivity contribution in [3.63, 3.8) is 0 Å². The Morgan fingerprint density at radius 2 is 1.89 bits per heavy atom. The number of carbonyl (C=O) groups is 1. The van der Waals surface area contributed by atoms with Gasteiger partial charge in [0.25, 0.3) is 0 Å². The van der Waals surface area contributed by atoms with Gasteiger partial charge in [0.15, 0.2) is 5.78 Å². The molecule has 0 bridgehead atoms. The van der Waals surface area contributed by atoms with Crippen molar-refractivity contribution in [1.82, 2.24) is 4.98 Å². The molecule has 1 heterocycles. The number of pyridine rings is 1. The number of rotatable bonds is 3. The van der Waals surface area contributed by atoms with Crippen LogP contribution in [0, 0.1) is 0 Å². The highest BCUT2D eigenvalue weighted by molar-refractivity contribution is 6.35. The Labute approximate surface area is 115 Å². The summed E-state index contributed by atoms with van der Waals surface area (Å²) in [5.41, 5.74) is 7.47. The van der Waals surface area contributed by atoms with Gasteiger partial charge in [0.1, 0.15) is 0 Å². The average Bonchev–Trinajstić information content (AvgIpc) is 2.31. The minimum Gasteiger partial charge on any atom is -0.398 e. The van der Waals surface area contributed by atoms with E-state index in [4.69, 9.17) is 28.9 Å². The predicted molar refractivity (Wildman–Crippen MR) is 73.1 cm³/mol. The molecular formula is C13H10Cl2N2O. The highest BCUT2D eigenvalue weighted by atomic mass is 35.5. The van der Waals surface area contributed by atoms with Crippen LogP contribution in [0.5, 0.6) is 0 Å². The molecular weight excluding hydrogens is 271 g/mol. The third-order valence-electron chi connectivity index (χ3n) is 2.48. The number of Topliss-reactive ketones (excluding diaryl/α,β-unsaturated/α-hetero) is 1. The first-order valence-electron chi connectivity index (χ1n) is 5.24. The number of nitrogens with two attached hydrogens (primary N) is 1. The molecule has 0 aliphatic heterocycles. The third kappa shape index (κ3) is 3.00. The normalized spacial score (nSPS) is 10.3. The third-order valence-corrected chi connectivity index (χ3v) is 2.91. The van der Waals surface area contributed by atoms with Gasteiger partial charge in [-0.15, -0.1) is 0 Å². The van der Waals surface area contributed by atoms with Crippen LogP contribution in [0.3, 0.4) is 0 Å². The molecule has 0 fully saturated rings. The lowest BCUT2D eigenvalue weighted by Gasteiger charge is -2.05. The number of ketones is 1. The fourth-order valence-corrected chi connectivity index (χ4v) is 2.10. The van der Waals surface area contributed by atoms with Crippen LogP contribution in [0.15, 0.2) is 36.7 Å². The molecule has 18 heavy (non-hydrogen) atoms. The van der Waals surface area contributed by atoms with Gasteiger partial charge in [-0.05, 0) is 24.3 Å². The molecule has 0 saturated carbocycles. The molecule has 3 nitrogen and oxygen atoms in total. The van der Waals surface area contributed by atoms with Gasteiger partial charge in [-0.1, -0.05) is 23.2 Å². The fourth-order valence-electron chi connectivity index (χ4n) is 1.58. The summed E-state index contributed by atoms with van der Waals surface area (Å²) in [4.78, 5) is 16.0. The van der Waals surface area contributed by atoms with Crippen LogP contribution in [-0.4, -0.2) is 10.8 Å². The molecule has 2 aromatic rings. The van der Waals surface area contributed by atoms with Crippen molar-refractivity contribution >= 4 is 34.7 Å². The first-order chi connectivity index (χ1) is 8.56. The zero-order valence-electron chi connectivity index (χ0n) is 9.36. The van der Waals surface area contributed by atoms with Crippen LogP contribution < -0.4 is 5.73 Å². The molecule has 0 saturated heterocycles. The highest BCUT2D eigenvalue weighted by Crippen LogP contribution is 2.21. The number of halogens is 2. The van der Waals surface area contributed by atoms with Gasteiger partial charge in [0.05, 0.1) is 0 Å².